The van der Waals surface area contributed by atoms with E-state index in [1.165, 1.54) is 24.2 Å². The topological polar surface area (TPSA) is 58.1 Å². The van der Waals surface area contributed by atoms with Gasteiger partial charge in [0.05, 0.1) is 27.6 Å². The number of hydrogen-bond donors (Lipinski definition) is 1. The molecule has 0 spiro atoms. The molecule has 1 aromatic carbocycles. The predicted octanol–water partition coefficient (Wildman–Crippen LogP) is 4.98. The van der Waals surface area contributed by atoms with Gasteiger partial charge in [0.1, 0.15) is 4.88 Å². The number of aryl methyl sites for hydroxylation is 1. The summed E-state index contributed by atoms with van der Waals surface area (Å²) in [6.45, 7) is 8.21. The van der Waals surface area contributed by atoms with Crippen LogP contribution in [0.15, 0.2) is 30.5 Å². The van der Waals surface area contributed by atoms with E-state index in [0.29, 0.717) is 10.8 Å². The molecule has 0 radical (unpaired) electrons. The largest absolute Gasteiger partial charge is 0.370 e. The zero-order chi connectivity index (χ0) is 19.0. The van der Waals surface area contributed by atoms with Crippen LogP contribution in [-0.2, 0) is 0 Å². The number of carbonyl (C=O) groups excluding carboxylic acids is 1. The number of rotatable bonds is 4. The van der Waals surface area contributed by atoms with Crippen molar-refractivity contribution >= 4 is 39.5 Å². The normalized spacial score (nSPS) is 14.3. The first kappa shape index (κ1) is 17.9. The standard InChI is InChI=1S/C21H24N4OS/c1-13(2)21-23-14(3)19(27-21)20(26)24-16-8-9-17(25-11-4-5-12-25)18-15(16)7-6-10-22-18/h6-10,13H,4-5,11-12H2,1-3H3,(H,24,26). The highest BCUT2D eigenvalue weighted by Gasteiger charge is 2.20. The Labute approximate surface area is 163 Å². The van der Waals surface area contributed by atoms with Gasteiger partial charge in [0.15, 0.2) is 0 Å². The van der Waals surface area contributed by atoms with E-state index >= 15 is 0 Å². The Balaban J connectivity index is 1.68. The molecule has 0 atom stereocenters. The van der Waals surface area contributed by atoms with E-state index < -0.39 is 0 Å². The molecular formula is C21H24N4OS. The Hall–Kier alpha value is -2.47. The summed E-state index contributed by atoms with van der Waals surface area (Å²) in [7, 11) is 0. The molecule has 1 amide bonds. The van der Waals surface area contributed by atoms with Gasteiger partial charge >= 0.3 is 0 Å². The highest BCUT2D eigenvalue weighted by Crippen LogP contribution is 2.33. The lowest BCUT2D eigenvalue weighted by atomic mass is 10.1. The fourth-order valence-corrected chi connectivity index (χ4v) is 4.50. The number of nitrogens with one attached hydrogen (secondary N) is 1. The van der Waals surface area contributed by atoms with Crippen molar-refractivity contribution in [3.8, 4) is 0 Å². The molecule has 0 bridgehead atoms. The van der Waals surface area contributed by atoms with Crippen molar-refractivity contribution in [2.75, 3.05) is 23.3 Å². The maximum atomic E-state index is 12.9. The highest BCUT2D eigenvalue weighted by atomic mass is 32.1. The van der Waals surface area contributed by atoms with Crippen LogP contribution < -0.4 is 10.2 Å². The van der Waals surface area contributed by atoms with E-state index in [0.717, 1.165) is 46.1 Å². The molecule has 2 aromatic heterocycles. The van der Waals surface area contributed by atoms with E-state index in [9.17, 15) is 4.79 Å². The molecule has 1 fully saturated rings. The molecule has 5 nitrogen and oxygen atoms in total. The first-order valence-corrected chi connectivity index (χ1v) is 10.3. The third-order valence-corrected chi connectivity index (χ3v) is 6.41. The third kappa shape index (κ3) is 3.41. The minimum atomic E-state index is -0.101. The van der Waals surface area contributed by atoms with Crippen LogP contribution in [0.5, 0.6) is 0 Å². The minimum Gasteiger partial charge on any atom is -0.370 e. The highest BCUT2D eigenvalue weighted by molar-refractivity contribution is 7.14. The molecule has 27 heavy (non-hydrogen) atoms. The average Bonchev–Trinajstić information content (AvgIpc) is 3.32. The van der Waals surface area contributed by atoms with Crippen molar-refractivity contribution in [3.63, 3.8) is 0 Å². The monoisotopic (exact) mass is 380 g/mol. The van der Waals surface area contributed by atoms with Crippen LogP contribution in [0.4, 0.5) is 11.4 Å². The van der Waals surface area contributed by atoms with E-state index in [-0.39, 0.29) is 5.91 Å². The van der Waals surface area contributed by atoms with Gasteiger partial charge in [0, 0.05) is 30.6 Å². The number of pyridine rings is 1. The Bertz CT molecular complexity index is 989. The summed E-state index contributed by atoms with van der Waals surface area (Å²) in [5.41, 5.74) is 3.68. The fourth-order valence-electron chi connectivity index (χ4n) is 3.53. The van der Waals surface area contributed by atoms with Crippen LogP contribution in [0.3, 0.4) is 0 Å². The SMILES string of the molecule is Cc1nc(C(C)C)sc1C(=O)Nc1ccc(N2CCCC2)c2ncccc12. The van der Waals surface area contributed by atoms with Crippen molar-refractivity contribution in [1.82, 2.24) is 9.97 Å². The maximum Gasteiger partial charge on any atom is 0.267 e. The Kier molecular flexibility index (Phi) is 4.83. The zero-order valence-corrected chi connectivity index (χ0v) is 16.8. The molecule has 140 valence electrons. The number of aromatic nitrogens is 2. The summed E-state index contributed by atoms with van der Waals surface area (Å²) in [5, 5.41) is 5.05. The quantitative estimate of drug-likeness (QED) is 0.694. The summed E-state index contributed by atoms with van der Waals surface area (Å²) < 4.78 is 0. The van der Waals surface area contributed by atoms with E-state index in [4.69, 9.17) is 0 Å². The van der Waals surface area contributed by atoms with Gasteiger partial charge in [-0.3, -0.25) is 9.78 Å². The lowest BCUT2D eigenvalue weighted by Gasteiger charge is -2.20. The molecule has 0 aliphatic carbocycles. The maximum absolute atomic E-state index is 12.9. The third-order valence-electron chi connectivity index (χ3n) is 4.96. The number of nitrogens with zero attached hydrogens (tertiary/aromatic N) is 3. The van der Waals surface area contributed by atoms with Gasteiger partial charge in [-0.2, -0.15) is 0 Å². The molecule has 6 heteroatoms. The minimum absolute atomic E-state index is 0.101. The van der Waals surface area contributed by atoms with Gasteiger partial charge in [-0.05, 0) is 44.0 Å². The number of hydrogen-bond acceptors (Lipinski definition) is 5. The number of fused-ring (bicyclic) bond motifs is 1. The van der Waals surface area contributed by atoms with Crippen molar-refractivity contribution in [2.24, 2.45) is 0 Å². The van der Waals surface area contributed by atoms with Crippen LogP contribution in [-0.4, -0.2) is 29.0 Å². The molecule has 1 N–H and O–H groups in total. The molecule has 1 aliphatic heterocycles. The van der Waals surface area contributed by atoms with Crippen molar-refractivity contribution < 1.29 is 4.79 Å². The summed E-state index contributed by atoms with van der Waals surface area (Å²) in [4.78, 5) is 25.1. The zero-order valence-electron chi connectivity index (χ0n) is 16.0. The first-order chi connectivity index (χ1) is 13.0. The smallest absolute Gasteiger partial charge is 0.267 e. The van der Waals surface area contributed by atoms with Crippen molar-refractivity contribution in [2.45, 2.75) is 39.5 Å². The van der Waals surface area contributed by atoms with Crippen LogP contribution in [0.25, 0.3) is 10.9 Å². The molecule has 3 aromatic rings. The van der Waals surface area contributed by atoms with Crippen LogP contribution in [0.2, 0.25) is 0 Å². The summed E-state index contributed by atoms with van der Waals surface area (Å²) in [6, 6.07) is 8.02. The number of benzene rings is 1. The van der Waals surface area contributed by atoms with Crippen molar-refractivity contribution in [1.29, 1.82) is 0 Å². The van der Waals surface area contributed by atoms with Crippen molar-refractivity contribution in [3.05, 3.63) is 46.0 Å². The lowest BCUT2D eigenvalue weighted by molar-refractivity contribution is 0.103. The van der Waals surface area contributed by atoms with Gasteiger partial charge in [0.25, 0.3) is 5.91 Å². The Morgan fingerprint density at radius 1 is 1.22 bits per heavy atom. The summed E-state index contributed by atoms with van der Waals surface area (Å²) in [6.07, 6.45) is 4.25. The second-order valence-electron chi connectivity index (χ2n) is 7.30. The number of anilines is 2. The van der Waals surface area contributed by atoms with Crippen LogP contribution >= 0.6 is 11.3 Å². The van der Waals surface area contributed by atoms with E-state index in [2.05, 4.69) is 40.1 Å². The Morgan fingerprint density at radius 3 is 2.70 bits per heavy atom. The molecule has 4 rings (SSSR count). The number of thiazole rings is 1. The average molecular weight is 381 g/mol. The fraction of sp³-hybridized carbons (Fsp3) is 0.381. The summed E-state index contributed by atoms with van der Waals surface area (Å²) >= 11 is 1.48. The molecular weight excluding hydrogens is 356 g/mol. The predicted molar refractivity (Wildman–Crippen MR) is 112 cm³/mol. The molecule has 0 saturated carbocycles. The van der Waals surface area contributed by atoms with Gasteiger partial charge in [-0.1, -0.05) is 13.8 Å². The molecule has 1 aliphatic rings. The lowest BCUT2D eigenvalue weighted by Crippen LogP contribution is -2.18. The van der Waals surface area contributed by atoms with Gasteiger partial charge in [0.2, 0.25) is 0 Å². The van der Waals surface area contributed by atoms with Gasteiger partial charge in [-0.25, -0.2) is 4.98 Å². The number of amides is 1. The van der Waals surface area contributed by atoms with Crippen LogP contribution in [0, 0.1) is 6.92 Å². The van der Waals surface area contributed by atoms with Crippen LogP contribution in [0.1, 0.15) is 53.0 Å². The van der Waals surface area contributed by atoms with Gasteiger partial charge in [-0.15, -0.1) is 11.3 Å². The first-order valence-electron chi connectivity index (χ1n) is 9.46. The summed E-state index contributed by atoms with van der Waals surface area (Å²) in [5.74, 6) is 0.219. The van der Waals surface area contributed by atoms with E-state index in [1.807, 2.05) is 31.3 Å². The number of carbonyl (C=O) groups is 1. The van der Waals surface area contributed by atoms with Gasteiger partial charge < -0.3 is 10.2 Å². The van der Waals surface area contributed by atoms with E-state index in [1.54, 1.807) is 0 Å². The molecule has 0 unspecified atom stereocenters. The Morgan fingerprint density at radius 2 is 2.00 bits per heavy atom. The molecule has 1 saturated heterocycles. The second-order valence-corrected chi connectivity index (χ2v) is 8.33. The molecule has 3 heterocycles. The second kappa shape index (κ2) is 7.27.